The number of hydrogen-bond acceptors (Lipinski definition) is 3. The minimum absolute atomic E-state index is 0.556. The van der Waals surface area contributed by atoms with Crippen LogP contribution in [0.3, 0.4) is 0 Å². The number of carbonyl (C=O) groups excluding carboxylic acids is 1. The van der Waals surface area contributed by atoms with Crippen molar-refractivity contribution in [1.82, 2.24) is 10.2 Å². The number of H-pyrrole nitrogens is 1. The average molecular weight is 202 g/mol. The van der Waals surface area contributed by atoms with Crippen LogP contribution in [0.1, 0.15) is 10.4 Å². The molecule has 76 valence electrons. The van der Waals surface area contributed by atoms with Gasteiger partial charge in [0.25, 0.3) is 0 Å². The highest BCUT2D eigenvalue weighted by atomic mass is 16.5. The molecule has 0 spiro atoms. The Morgan fingerprint density at radius 1 is 1.33 bits per heavy atom. The summed E-state index contributed by atoms with van der Waals surface area (Å²) in [4.78, 5) is 10.7. The number of carbonyl (C=O) groups is 1. The first-order valence-corrected chi connectivity index (χ1v) is 4.48. The molecule has 0 saturated carbocycles. The zero-order valence-electron chi connectivity index (χ0n) is 8.23. The molecular weight excluding hydrogens is 192 g/mol. The van der Waals surface area contributed by atoms with Crippen LogP contribution in [0.15, 0.2) is 30.5 Å². The van der Waals surface area contributed by atoms with Gasteiger partial charge in [0.15, 0.2) is 6.29 Å². The minimum atomic E-state index is 0.556. The van der Waals surface area contributed by atoms with E-state index in [1.54, 1.807) is 13.3 Å². The molecule has 2 rings (SSSR count). The molecule has 1 aromatic heterocycles. The number of aromatic amines is 1. The molecule has 0 aliphatic rings. The Kier molecular flexibility index (Phi) is 2.49. The van der Waals surface area contributed by atoms with Gasteiger partial charge in [0.1, 0.15) is 11.4 Å². The van der Waals surface area contributed by atoms with Crippen molar-refractivity contribution in [3.05, 3.63) is 36.0 Å². The van der Waals surface area contributed by atoms with Crippen LogP contribution in [-0.4, -0.2) is 23.6 Å². The fourth-order valence-corrected chi connectivity index (χ4v) is 1.37. The molecule has 4 heteroatoms. The largest absolute Gasteiger partial charge is 0.497 e. The normalized spacial score (nSPS) is 9.93. The number of nitrogens with one attached hydrogen (secondary N) is 1. The molecule has 0 aliphatic heterocycles. The summed E-state index contributed by atoms with van der Waals surface area (Å²) in [5.74, 6) is 0.780. The topological polar surface area (TPSA) is 55.0 Å². The van der Waals surface area contributed by atoms with E-state index in [2.05, 4.69) is 10.2 Å². The van der Waals surface area contributed by atoms with E-state index in [1.165, 1.54) is 0 Å². The van der Waals surface area contributed by atoms with Crippen LogP contribution in [0.4, 0.5) is 0 Å². The van der Waals surface area contributed by atoms with Crippen LogP contribution in [0.5, 0.6) is 5.75 Å². The van der Waals surface area contributed by atoms with E-state index in [9.17, 15) is 4.79 Å². The zero-order chi connectivity index (χ0) is 10.7. The molecule has 15 heavy (non-hydrogen) atoms. The maximum atomic E-state index is 10.7. The van der Waals surface area contributed by atoms with Crippen LogP contribution in [-0.2, 0) is 0 Å². The van der Waals surface area contributed by atoms with E-state index in [0.29, 0.717) is 11.3 Å². The summed E-state index contributed by atoms with van der Waals surface area (Å²) < 4.78 is 5.05. The van der Waals surface area contributed by atoms with Crippen molar-refractivity contribution in [3.8, 4) is 17.0 Å². The van der Waals surface area contributed by atoms with E-state index in [-0.39, 0.29) is 0 Å². The summed E-state index contributed by atoms with van der Waals surface area (Å²) in [6.45, 7) is 0. The molecule has 0 atom stereocenters. The smallest absolute Gasteiger partial charge is 0.153 e. The maximum absolute atomic E-state index is 10.7. The fraction of sp³-hybridized carbons (Fsp3) is 0.0909. The van der Waals surface area contributed by atoms with Crippen LogP contribution in [0, 0.1) is 0 Å². The number of nitrogens with zero attached hydrogens (tertiary/aromatic N) is 1. The number of aromatic nitrogens is 2. The van der Waals surface area contributed by atoms with E-state index < -0.39 is 0 Å². The SMILES string of the molecule is COc1ccc(-c2n[nH]cc2C=O)cc1. The number of aldehydes is 1. The number of hydrogen-bond donors (Lipinski definition) is 1. The van der Waals surface area contributed by atoms with Gasteiger partial charge < -0.3 is 4.74 Å². The summed E-state index contributed by atoms with van der Waals surface area (Å²) in [6.07, 6.45) is 2.36. The summed E-state index contributed by atoms with van der Waals surface area (Å²) in [5, 5.41) is 6.68. The summed E-state index contributed by atoms with van der Waals surface area (Å²) in [7, 11) is 1.61. The minimum Gasteiger partial charge on any atom is -0.497 e. The number of ether oxygens (including phenoxy) is 1. The monoisotopic (exact) mass is 202 g/mol. The van der Waals surface area contributed by atoms with Gasteiger partial charge in [-0.15, -0.1) is 0 Å². The van der Waals surface area contributed by atoms with Crippen molar-refractivity contribution in [3.63, 3.8) is 0 Å². The molecular formula is C11H10N2O2. The number of benzene rings is 1. The molecule has 0 bridgehead atoms. The van der Waals surface area contributed by atoms with Gasteiger partial charge in [-0.1, -0.05) is 0 Å². The first kappa shape index (κ1) is 9.45. The van der Waals surface area contributed by atoms with Crippen molar-refractivity contribution < 1.29 is 9.53 Å². The summed E-state index contributed by atoms with van der Waals surface area (Å²) >= 11 is 0. The highest BCUT2D eigenvalue weighted by Gasteiger charge is 2.06. The second kappa shape index (κ2) is 3.96. The molecule has 0 aliphatic carbocycles. The van der Waals surface area contributed by atoms with Crippen molar-refractivity contribution >= 4 is 6.29 Å². The fourth-order valence-electron chi connectivity index (χ4n) is 1.37. The lowest BCUT2D eigenvalue weighted by atomic mass is 10.1. The first-order valence-electron chi connectivity index (χ1n) is 4.48. The molecule has 0 radical (unpaired) electrons. The van der Waals surface area contributed by atoms with E-state index >= 15 is 0 Å². The first-order chi connectivity index (χ1) is 7.35. The van der Waals surface area contributed by atoms with Gasteiger partial charge in [0.05, 0.1) is 12.7 Å². The van der Waals surface area contributed by atoms with Gasteiger partial charge in [-0.2, -0.15) is 5.10 Å². The second-order valence-corrected chi connectivity index (χ2v) is 3.04. The van der Waals surface area contributed by atoms with Gasteiger partial charge in [-0.05, 0) is 24.3 Å². The van der Waals surface area contributed by atoms with E-state index in [0.717, 1.165) is 17.6 Å². The zero-order valence-corrected chi connectivity index (χ0v) is 8.23. The molecule has 0 unspecified atom stereocenters. The predicted octanol–water partition coefficient (Wildman–Crippen LogP) is 1.90. The lowest BCUT2D eigenvalue weighted by Crippen LogP contribution is -1.85. The molecule has 1 aromatic carbocycles. The Balaban J connectivity index is 2.41. The van der Waals surface area contributed by atoms with Crippen LogP contribution in [0.25, 0.3) is 11.3 Å². The molecule has 0 saturated heterocycles. The second-order valence-electron chi connectivity index (χ2n) is 3.04. The van der Waals surface area contributed by atoms with Gasteiger partial charge in [0.2, 0.25) is 0 Å². The Morgan fingerprint density at radius 2 is 2.07 bits per heavy atom. The summed E-state index contributed by atoms with van der Waals surface area (Å²) in [6, 6.07) is 7.39. The lowest BCUT2D eigenvalue weighted by molar-refractivity contribution is 0.112. The molecule has 1 heterocycles. The molecule has 4 nitrogen and oxygen atoms in total. The van der Waals surface area contributed by atoms with Crippen LogP contribution in [0.2, 0.25) is 0 Å². The Bertz CT molecular complexity index is 460. The summed E-state index contributed by atoms with van der Waals surface area (Å²) in [5.41, 5.74) is 2.10. The standard InChI is InChI=1S/C11H10N2O2/c1-15-10-4-2-8(3-5-10)11-9(7-14)6-12-13-11/h2-7H,1H3,(H,12,13). The van der Waals surface area contributed by atoms with E-state index in [1.807, 2.05) is 24.3 Å². The third-order valence-electron chi connectivity index (χ3n) is 2.16. The highest BCUT2D eigenvalue weighted by molar-refractivity contribution is 5.85. The van der Waals surface area contributed by atoms with Crippen molar-refractivity contribution in [2.75, 3.05) is 7.11 Å². The molecule has 2 aromatic rings. The van der Waals surface area contributed by atoms with Gasteiger partial charge >= 0.3 is 0 Å². The molecule has 0 fully saturated rings. The highest BCUT2D eigenvalue weighted by Crippen LogP contribution is 2.22. The van der Waals surface area contributed by atoms with Gasteiger partial charge in [-0.3, -0.25) is 9.89 Å². The maximum Gasteiger partial charge on any atom is 0.153 e. The predicted molar refractivity (Wildman–Crippen MR) is 56.0 cm³/mol. The number of rotatable bonds is 3. The van der Waals surface area contributed by atoms with Crippen LogP contribution < -0.4 is 4.74 Å². The van der Waals surface area contributed by atoms with Gasteiger partial charge in [-0.25, -0.2) is 0 Å². The van der Waals surface area contributed by atoms with Crippen molar-refractivity contribution in [1.29, 1.82) is 0 Å². The molecule has 1 N–H and O–H groups in total. The number of methoxy groups -OCH3 is 1. The Morgan fingerprint density at radius 3 is 2.67 bits per heavy atom. The third kappa shape index (κ3) is 1.74. The Hall–Kier alpha value is -2.10. The van der Waals surface area contributed by atoms with Crippen LogP contribution >= 0.6 is 0 Å². The van der Waals surface area contributed by atoms with Gasteiger partial charge in [0, 0.05) is 11.8 Å². The third-order valence-corrected chi connectivity index (χ3v) is 2.16. The Labute approximate surface area is 86.9 Å². The van der Waals surface area contributed by atoms with E-state index in [4.69, 9.17) is 4.74 Å². The average Bonchev–Trinajstić information content (AvgIpc) is 2.77. The van der Waals surface area contributed by atoms with Crippen molar-refractivity contribution in [2.24, 2.45) is 0 Å². The molecule has 0 amide bonds. The lowest BCUT2D eigenvalue weighted by Gasteiger charge is -2.01. The quantitative estimate of drug-likeness (QED) is 0.773. The van der Waals surface area contributed by atoms with Crippen molar-refractivity contribution in [2.45, 2.75) is 0 Å².